The number of nitrogens with one attached hydrogen (secondary N) is 2. The number of rotatable bonds is 4. The lowest BCUT2D eigenvalue weighted by Gasteiger charge is -2.24. The molecule has 0 aliphatic carbocycles. The average Bonchev–Trinajstić information content (AvgIpc) is 2.46. The van der Waals surface area contributed by atoms with E-state index in [0.717, 1.165) is 12.1 Å². The highest BCUT2D eigenvalue weighted by molar-refractivity contribution is 5.88. The third kappa shape index (κ3) is 3.98. The molecule has 0 saturated heterocycles. The van der Waals surface area contributed by atoms with Crippen LogP contribution in [0.2, 0.25) is 0 Å². The quantitative estimate of drug-likeness (QED) is 0.812. The lowest BCUT2D eigenvalue weighted by molar-refractivity contribution is 0.0561. The fraction of sp³-hybridized carbons (Fsp3) is 0.200. The second-order valence-electron chi connectivity index (χ2n) is 4.92. The summed E-state index contributed by atoms with van der Waals surface area (Å²) in [5.41, 5.74) is -1.79. The second kappa shape index (κ2) is 6.48. The van der Waals surface area contributed by atoms with Crippen molar-refractivity contribution in [2.75, 3.05) is 11.9 Å². The molecule has 0 fully saturated rings. The topological polar surface area (TPSA) is 74.2 Å². The van der Waals surface area contributed by atoms with Gasteiger partial charge in [-0.25, -0.2) is 18.6 Å². The maximum Gasteiger partial charge on any atom is 0.320 e. The van der Waals surface area contributed by atoms with Crippen LogP contribution in [0.25, 0.3) is 0 Å². The molecule has 7 heteroatoms. The Kier molecular flexibility index (Phi) is 4.67. The molecule has 5 nitrogen and oxygen atoms in total. The van der Waals surface area contributed by atoms with Gasteiger partial charge in [0, 0.05) is 17.8 Å². The van der Waals surface area contributed by atoms with Gasteiger partial charge in [0.2, 0.25) is 0 Å². The molecule has 1 heterocycles. The predicted octanol–water partition coefficient (Wildman–Crippen LogP) is 2.39. The van der Waals surface area contributed by atoms with E-state index < -0.39 is 23.3 Å². The Hall–Kier alpha value is -2.54. The Balaban J connectivity index is 1.98. The summed E-state index contributed by atoms with van der Waals surface area (Å²) in [5.74, 6) is -1.28. The molecule has 1 aromatic carbocycles. The zero-order chi connectivity index (χ0) is 16.2. The number of aromatic nitrogens is 1. The van der Waals surface area contributed by atoms with Gasteiger partial charge in [0.1, 0.15) is 23.1 Å². The van der Waals surface area contributed by atoms with E-state index in [-0.39, 0.29) is 12.1 Å². The summed E-state index contributed by atoms with van der Waals surface area (Å²) >= 11 is 0. The zero-order valence-electron chi connectivity index (χ0n) is 11.8. The minimum absolute atomic E-state index is 0.105. The number of halogens is 2. The number of carbonyl (C=O) groups excluding carboxylic acids is 1. The molecular weight excluding hydrogens is 292 g/mol. The molecule has 2 amide bonds. The summed E-state index contributed by atoms with van der Waals surface area (Å²) in [6.07, 6.45) is 1.51. The Labute approximate surface area is 126 Å². The molecule has 116 valence electrons. The van der Waals surface area contributed by atoms with Gasteiger partial charge in [-0.15, -0.1) is 0 Å². The van der Waals surface area contributed by atoms with E-state index in [1.165, 1.54) is 13.1 Å². The lowest BCUT2D eigenvalue weighted by atomic mass is 9.95. The Bertz CT molecular complexity index is 663. The summed E-state index contributed by atoms with van der Waals surface area (Å²) in [6, 6.07) is 7.26. The smallest absolute Gasteiger partial charge is 0.320 e. The summed E-state index contributed by atoms with van der Waals surface area (Å²) in [4.78, 5) is 15.6. The first kappa shape index (κ1) is 15.8. The first-order valence-electron chi connectivity index (χ1n) is 6.52. The molecule has 0 saturated carbocycles. The van der Waals surface area contributed by atoms with Crippen molar-refractivity contribution in [3.05, 3.63) is 59.8 Å². The third-order valence-corrected chi connectivity index (χ3v) is 3.01. The van der Waals surface area contributed by atoms with Crippen molar-refractivity contribution in [1.29, 1.82) is 0 Å². The maximum atomic E-state index is 13.7. The second-order valence-corrected chi connectivity index (χ2v) is 4.92. The van der Waals surface area contributed by atoms with Crippen molar-refractivity contribution in [3.8, 4) is 0 Å². The highest BCUT2D eigenvalue weighted by Crippen LogP contribution is 2.23. The van der Waals surface area contributed by atoms with Crippen LogP contribution < -0.4 is 10.6 Å². The van der Waals surface area contributed by atoms with Crippen molar-refractivity contribution >= 4 is 11.8 Å². The van der Waals surface area contributed by atoms with E-state index >= 15 is 0 Å². The standard InChI is InChI=1S/C15H15F2N3O2/c1-15(22,11-6-5-10(16)8-12(11)17)9-19-14(21)20-13-4-2-3-7-18-13/h2-8,22H,9H2,1H3,(H2,18,19,20,21). The molecule has 1 atom stereocenters. The average molecular weight is 307 g/mol. The van der Waals surface area contributed by atoms with Gasteiger partial charge in [0.15, 0.2) is 0 Å². The van der Waals surface area contributed by atoms with E-state index in [0.29, 0.717) is 11.9 Å². The molecule has 0 radical (unpaired) electrons. The fourth-order valence-electron chi connectivity index (χ4n) is 1.87. The number of nitrogens with zero attached hydrogens (tertiary/aromatic N) is 1. The van der Waals surface area contributed by atoms with Crippen LogP contribution in [0.15, 0.2) is 42.6 Å². The minimum Gasteiger partial charge on any atom is -0.383 e. The molecule has 1 aromatic heterocycles. The van der Waals surface area contributed by atoms with E-state index in [4.69, 9.17) is 0 Å². The van der Waals surface area contributed by atoms with E-state index in [2.05, 4.69) is 15.6 Å². The van der Waals surface area contributed by atoms with Gasteiger partial charge < -0.3 is 10.4 Å². The van der Waals surface area contributed by atoms with Crippen LogP contribution in [-0.2, 0) is 5.60 Å². The number of amides is 2. The number of urea groups is 1. The van der Waals surface area contributed by atoms with Crippen LogP contribution in [0.1, 0.15) is 12.5 Å². The monoisotopic (exact) mass is 307 g/mol. The molecule has 0 bridgehead atoms. The molecule has 0 spiro atoms. The van der Waals surface area contributed by atoms with Crippen LogP contribution >= 0.6 is 0 Å². The van der Waals surface area contributed by atoms with Crippen LogP contribution in [-0.4, -0.2) is 22.7 Å². The van der Waals surface area contributed by atoms with Crippen molar-refractivity contribution in [2.24, 2.45) is 0 Å². The van der Waals surface area contributed by atoms with Gasteiger partial charge in [0.05, 0.1) is 6.54 Å². The number of pyridine rings is 1. The summed E-state index contributed by atoms with van der Waals surface area (Å²) < 4.78 is 26.6. The molecule has 2 rings (SSSR count). The largest absolute Gasteiger partial charge is 0.383 e. The first-order valence-corrected chi connectivity index (χ1v) is 6.52. The molecule has 0 aliphatic rings. The van der Waals surface area contributed by atoms with Crippen LogP contribution in [0, 0.1) is 11.6 Å². The van der Waals surface area contributed by atoms with Crippen LogP contribution in [0.3, 0.4) is 0 Å². The summed E-state index contributed by atoms with van der Waals surface area (Å²) in [7, 11) is 0. The van der Waals surface area contributed by atoms with Gasteiger partial charge >= 0.3 is 6.03 Å². The highest BCUT2D eigenvalue weighted by atomic mass is 19.1. The Morgan fingerprint density at radius 1 is 1.32 bits per heavy atom. The van der Waals surface area contributed by atoms with Crippen LogP contribution in [0.4, 0.5) is 19.4 Å². The van der Waals surface area contributed by atoms with Gasteiger partial charge in [0.25, 0.3) is 0 Å². The Morgan fingerprint density at radius 2 is 2.09 bits per heavy atom. The predicted molar refractivity (Wildman–Crippen MR) is 77.2 cm³/mol. The van der Waals surface area contributed by atoms with Crippen molar-refractivity contribution < 1.29 is 18.7 Å². The summed E-state index contributed by atoms with van der Waals surface area (Å²) in [6.45, 7) is 1.07. The number of benzene rings is 1. The van der Waals surface area contributed by atoms with Gasteiger partial charge in [-0.05, 0) is 25.1 Å². The molecule has 1 unspecified atom stereocenters. The summed E-state index contributed by atoms with van der Waals surface area (Å²) in [5, 5.41) is 15.1. The SMILES string of the molecule is CC(O)(CNC(=O)Nc1ccccn1)c1ccc(F)cc1F. The molecule has 3 N–H and O–H groups in total. The zero-order valence-corrected chi connectivity index (χ0v) is 11.8. The van der Waals surface area contributed by atoms with Gasteiger partial charge in [-0.2, -0.15) is 0 Å². The lowest BCUT2D eigenvalue weighted by Crippen LogP contribution is -2.41. The number of anilines is 1. The molecule has 0 aliphatic heterocycles. The normalized spacial score (nSPS) is 13.3. The molecule has 2 aromatic rings. The highest BCUT2D eigenvalue weighted by Gasteiger charge is 2.27. The van der Waals surface area contributed by atoms with Crippen molar-refractivity contribution in [3.63, 3.8) is 0 Å². The van der Waals surface area contributed by atoms with E-state index in [1.807, 2.05) is 0 Å². The van der Waals surface area contributed by atoms with Crippen molar-refractivity contribution in [1.82, 2.24) is 10.3 Å². The van der Waals surface area contributed by atoms with E-state index in [1.54, 1.807) is 18.2 Å². The minimum atomic E-state index is -1.68. The van der Waals surface area contributed by atoms with Crippen LogP contribution in [0.5, 0.6) is 0 Å². The van der Waals surface area contributed by atoms with Crippen molar-refractivity contribution in [2.45, 2.75) is 12.5 Å². The third-order valence-electron chi connectivity index (χ3n) is 3.01. The molecular formula is C15H15F2N3O2. The van der Waals surface area contributed by atoms with Gasteiger partial charge in [-0.3, -0.25) is 5.32 Å². The number of aliphatic hydroxyl groups is 1. The first-order chi connectivity index (χ1) is 10.4. The Morgan fingerprint density at radius 3 is 2.73 bits per heavy atom. The molecule has 22 heavy (non-hydrogen) atoms. The number of carbonyl (C=O) groups is 1. The fourth-order valence-corrected chi connectivity index (χ4v) is 1.87. The number of hydrogen-bond donors (Lipinski definition) is 3. The van der Waals surface area contributed by atoms with E-state index in [9.17, 15) is 18.7 Å². The number of hydrogen-bond acceptors (Lipinski definition) is 3. The maximum absolute atomic E-state index is 13.7. The van der Waals surface area contributed by atoms with Gasteiger partial charge in [-0.1, -0.05) is 12.1 Å².